The van der Waals surface area contributed by atoms with E-state index in [2.05, 4.69) is 20.0 Å². The van der Waals surface area contributed by atoms with E-state index in [0.717, 1.165) is 21.3 Å². The second-order valence-electron chi connectivity index (χ2n) is 5.62. The van der Waals surface area contributed by atoms with E-state index >= 15 is 0 Å². The van der Waals surface area contributed by atoms with Crippen molar-refractivity contribution in [1.29, 1.82) is 0 Å². The van der Waals surface area contributed by atoms with Crippen molar-refractivity contribution in [3.05, 3.63) is 10.9 Å². The number of aryl methyl sites for hydroxylation is 1. The van der Waals surface area contributed by atoms with Crippen LogP contribution in [0.15, 0.2) is 6.07 Å². The molecule has 0 aliphatic rings. The van der Waals surface area contributed by atoms with E-state index in [0.29, 0.717) is 12.4 Å². The van der Waals surface area contributed by atoms with Crippen LogP contribution in [0.4, 0.5) is 11.8 Å². The maximum atomic E-state index is 11.3. The highest BCUT2D eigenvalue weighted by atomic mass is 32.2. The molecule has 0 bridgehead atoms. The smallest absolute Gasteiger partial charge is 0.223 e. The number of hydrogen-bond donors (Lipinski definition) is 3. The summed E-state index contributed by atoms with van der Waals surface area (Å²) in [4.78, 5) is 10.3. The van der Waals surface area contributed by atoms with Gasteiger partial charge in [-0.1, -0.05) is 0 Å². The minimum atomic E-state index is -3.28. The number of hydrogen-bond acceptors (Lipinski definition) is 7. The molecule has 0 aromatic carbocycles. The number of sulfonamides is 1. The lowest BCUT2D eigenvalue weighted by Gasteiger charge is -2.25. The molecule has 21 heavy (non-hydrogen) atoms. The van der Waals surface area contributed by atoms with Crippen LogP contribution in [0.25, 0.3) is 10.2 Å². The minimum absolute atomic E-state index is 0.195. The summed E-state index contributed by atoms with van der Waals surface area (Å²) >= 11 is 1.54. The summed E-state index contributed by atoms with van der Waals surface area (Å²) in [6, 6.07) is 1.98. The third kappa shape index (κ3) is 4.26. The normalized spacial score (nSPS) is 12.8. The molecule has 0 amide bonds. The fraction of sp³-hybridized carbons (Fsp3) is 0.500. The van der Waals surface area contributed by atoms with E-state index < -0.39 is 15.6 Å². The second-order valence-corrected chi connectivity index (χ2v) is 8.60. The highest BCUT2D eigenvalue weighted by Gasteiger charge is 2.22. The summed E-state index contributed by atoms with van der Waals surface area (Å²) in [5.74, 6) is 0.811. The van der Waals surface area contributed by atoms with Crippen LogP contribution in [0.2, 0.25) is 0 Å². The summed E-state index contributed by atoms with van der Waals surface area (Å²) in [5, 5.41) is 4.04. The molecule has 2 heterocycles. The van der Waals surface area contributed by atoms with E-state index in [1.165, 1.54) is 0 Å². The van der Waals surface area contributed by atoms with Crippen LogP contribution >= 0.6 is 11.3 Å². The van der Waals surface area contributed by atoms with E-state index in [1.54, 1.807) is 25.2 Å². The molecule has 0 aliphatic carbocycles. The number of nitrogens with one attached hydrogen (secondary N) is 2. The highest BCUT2D eigenvalue weighted by molar-refractivity contribution is 7.88. The molecule has 7 nitrogen and oxygen atoms in total. The molecule has 116 valence electrons. The van der Waals surface area contributed by atoms with Gasteiger partial charge in [-0.2, -0.15) is 4.98 Å². The third-order valence-corrected chi connectivity index (χ3v) is 4.56. The first kappa shape index (κ1) is 15.9. The van der Waals surface area contributed by atoms with Gasteiger partial charge in [0, 0.05) is 17.0 Å². The Morgan fingerprint density at radius 3 is 2.67 bits per heavy atom. The molecule has 0 fully saturated rings. The van der Waals surface area contributed by atoms with E-state index in [-0.39, 0.29) is 5.95 Å². The zero-order valence-corrected chi connectivity index (χ0v) is 14.0. The van der Waals surface area contributed by atoms with Gasteiger partial charge in [-0.25, -0.2) is 18.1 Å². The van der Waals surface area contributed by atoms with Gasteiger partial charge in [0.15, 0.2) is 0 Å². The van der Waals surface area contributed by atoms with E-state index in [1.807, 2.05) is 13.0 Å². The zero-order valence-electron chi connectivity index (χ0n) is 12.4. The second kappa shape index (κ2) is 5.39. The molecule has 2 aromatic heterocycles. The van der Waals surface area contributed by atoms with Crippen molar-refractivity contribution < 1.29 is 8.42 Å². The number of rotatable bonds is 5. The Hall–Kier alpha value is -1.45. The van der Waals surface area contributed by atoms with Crippen LogP contribution in [0.5, 0.6) is 0 Å². The molecule has 2 rings (SSSR count). The fourth-order valence-electron chi connectivity index (χ4n) is 2.04. The molecular formula is C12H19N5O2S2. The first-order chi connectivity index (χ1) is 9.56. The minimum Gasteiger partial charge on any atom is -0.368 e. The number of nitrogens with two attached hydrogens (primary N) is 1. The quantitative estimate of drug-likeness (QED) is 0.763. The van der Waals surface area contributed by atoms with Crippen molar-refractivity contribution in [1.82, 2.24) is 14.7 Å². The number of anilines is 2. The molecule has 9 heteroatoms. The van der Waals surface area contributed by atoms with Crippen molar-refractivity contribution in [3.63, 3.8) is 0 Å². The van der Waals surface area contributed by atoms with Gasteiger partial charge < -0.3 is 11.1 Å². The van der Waals surface area contributed by atoms with Crippen LogP contribution in [0, 0.1) is 6.92 Å². The number of fused-ring (bicyclic) bond motifs is 1. The molecule has 0 spiro atoms. The van der Waals surface area contributed by atoms with Crippen LogP contribution < -0.4 is 15.8 Å². The molecule has 0 radical (unpaired) electrons. The monoisotopic (exact) mass is 329 g/mol. The molecule has 0 atom stereocenters. The maximum absolute atomic E-state index is 11.3. The summed E-state index contributed by atoms with van der Waals surface area (Å²) in [7, 11) is -3.28. The summed E-state index contributed by atoms with van der Waals surface area (Å²) in [6.45, 7) is 5.95. The zero-order chi connectivity index (χ0) is 15.8. The standard InChI is InChI=1S/C12H19N5O2S2/c1-7-5-8-9(15-11(13)16-10(8)20-7)14-6-12(2,3)17-21(4,18)19/h5,17H,6H2,1-4H3,(H3,13,14,15,16). The van der Waals surface area contributed by atoms with Gasteiger partial charge in [0.2, 0.25) is 16.0 Å². The van der Waals surface area contributed by atoms with Gasteiger partial charge in [0.05, 0.1) is 11.6 Å². The predicted molar refractivity (Wildman–Crippen MR) is 87.1 cm³/mol. The van der Waals surface area contributed by atoms with Gasteiger partial charge >= 0.3 is 0 Å². The van der Waals surface area contributed by atoms with Gasteiger partial charge in [-0.05, 0) is 26.8 Å². The Morgan fingerprint density at radius 1 is 1.38 bits per heavy atom. The SMILES string of the molecule is Cc1cc2c(NCC(C)(C)NS(C)(=O)=O)nc(N)nc2s1. The van der Waals surface area contributed by atoms with Crippen LogP contribution in [0.3, 0.4) is 0 Å². The molecule has 0 saturated carbocycles. The van der Waals surface area contributed by atoms with Gasteiger partial charge in [0.1, 0.15) is 10.6 Å². The molecule has 0 unspecified atom stereocenters. The first-order valence-corrected chi connectivity index (χ1v) is 9.03. The maximum Gasteiger partial charge on any atom is 0.223 e. The predicted octanol–water partition coefficient (Wildman–Crippen LogP) is 1.32. The summed E-state index contributed by atoms with van der Waals surface area (Å²) in [6.07, 6.45) is 1.14. The van der Waals surface area contributed by atoms with E-state index in [4.69, 9.17) is 5.73 Å². The molecule has 2 aromatic rings. The summed E-state index contributed by atoms with van der Waals surface area (Å²) < 4.78 is 25.3. The Balaban J connectivity index is 2.24. The Kier molecular flexibility index (Phi) is 4.09. The van der Waals surface area contributed by atoms with Gasteiger partial charge in [-0.3, -0.25) is 0 Å². The van der Waals surface area contributed by atoms with Gasteiger partial charge in [0.25, 0.3) is 0 Å². The van der Waals surface area contributed by atoms with Crippen molar-refractivity contribution in [2.75, 3.05) is 23.9 Å². The largest absolute Gasteiger partial charge is 0.368 e. The molecule has 0 aliphatic heterocycles. The molecular weight excluding hydrogens is 310 g/mol. The van der Waals surface area contributed by atoms with Gasteiger partial charge in [-0.15, -0.1) is 11.3 Å². The van der Waals surface area contributed by atoms with Crippen LogP contribution in [0.1, 0.15) is 18.7 Å². The number of thiophene rings is 1. The van der Waals surface area contributed by atoms with E-state index in [9.17, 15) is 8.42 Å². The Morgan fingerprint density at radius 2 is 2.05 bits per heavy atom. The summed E-state index contributed by atoms with van der Waals surface area (Å²) in [5.41, 5.74) is 5.06. The van der Waals surface area contributed by atoms with Crippen LogP contribution in [-0.4, -0.2) is 36.7 Å². The average molecular weight is 329 g/mol. The van der Waals surface area contributed by atoms with Crippen molar-refractivity contribution in [2.45, 2.75) is 26.3 Å². The first-order valence-electron chi connectivity index (χ1n) is 6.32. The van der Waals surface area contributed by atoms with Crippen molar-refractivity contribution >= 4 is 43.3 Å². The lowest BCUT2D eigenvalue weighted by molar-refractivity contribution is 0.476. The highest BCUT2D eigenvalue weighted by Crippen LogP contribution is 2.29. The molecule has 0 saturated heterocycles. The fourth-order valence-corrected chi connectivity index (χ4v) is 4.00. The Labute approximate surface area is 128 Å². The number of nitrogens with zero attached hydrogens (tertiary/aromatic N) is 2. The van der Waals surface area contributed by atoms with Crippen LogP contribution in [-0.2, 0) is 10.0 Å². The molecule has 4 N–H and O–H groups in total. The third-order valence-electron chi connectivity index (χ3n) is 2.69. The number of aromatic nitrogens is 2. The number of nitrogen functional groups attached to an aromatic ring is 1. The lowest BCUT2D eigenvalue weighted by atomic mass is 10.1. The van der Waals surface area contributed by atoms with Crippen molar-refractivity contribution in [2.24, 2.45) is 0 Å². The lowest BCUT2D eigenvalue weighted by Crippen LogP contribution is -2.47. The Bertz CT molecular complexity index is 767. The van der Waals surface area contributed by atoms with Crippen molar-refractivity contribution in [3.8, 4) is 0 Å². The topological polar surface area (TPSA) is 110 Å². The average Bonchev–Trinajstić information content (AvgIpc) is 2.62.